The Hall–Kier alpha value is -1.39. The van der Waals surface area contributed by atoms with E-state index in [2.05, 4.69) is 19.1 Å². The van der Waals surface area contributed by atoms with Gasteiger partial charge in [-0.15, -0.1) is 0 Å². The van der Waals surface area contributed by atoms with Crippen LogP contribution in [0.15, 0.2) is 36.5 Å². The number of carbonyl (C=O) groups excluding carboxylic acids is 1. The van der Waals surface area contributed by atoms with Gasteiger partial charge in [0.05, 0.1) is 12.2 Å². The van der Waals surface area contributed by atoms with Crippen molar-refractivity contribution >= 4 is 5.97 Å². The van der Waals surface area contributed by atoms with Crippen LogP contribution in [0.1, 0.15) is 51.9 Å². The molecule has 0 aromatic heterocycles. The fraction of sp³-hybridized carbons (Fsp3) is 0.650. The molecule has 0 bridgehead atoms. The highest BCUT2D eigenvalue weighted by Gasteiger charge is 2.44. The second-order valence-electron chi connectivity index (χ2n) is 6.75. The van der Waals surface area contributed by atoms with Gasteiger partial charge >= 0.3 is 5.97 Å². The monoisotopic (exact) mass is 334 g/mol. The van der Waals surface area contributed by atoms with Crippen molar-refractivity contribution in [3.63, 3.8) is 0 Å². The van der Waals surface area contributed by atoms with E-state index >= 15 is 0 Å². The minimum absolute atomic E-state index is 0.0436. The summed E-state index contributed by atoms with van der Waals surface area (Å²) in [7, 11) is 0. The Morgan fingerprint density at radius 1 is 1.25 bits per heavy atom. The Kier molecular flexibility index (Phi) is 7.73. The van der Waals surface area contributed by atoms with Crippen molar-refractivity contribution in [1.29, 1.82) is 0 Å². The van der Waals surface area contributed by atoms with E-state index in [9.17, 15) is 15.0 Å². The van der Waals surface area contributed by atoms with Gasteiger partial charge in [0.2, 0.25) is 0 Å². The topological polar surface area (TPSA) is 66.8 Å². The molecule has 1 aliphatic heterocycles. The lowest BCUT2D eigenvalue weighted by molar-refractivity contribution is -0.155. The molecule has 0 spiro atoms. The Morgan fingerprint density at radius 2 is 2.04 bits per heavy atom. The number of aliphatic hydroxyl groups is 2. The lowest BCUT2D eigenvalue weighted by Crippen LogP contribution is -2.25. The van der Waals surface area contributed by atoms with Gasteiger partial charge in [0, 0.05) is 12.3 Å². The van der Waals surface area contributed by atoms with Crippen LogP contribution < -0.4 is 0 Å². The first kappa shape index (κ1) is 18.9. The molecule has 24 heavy (non-hydrogen) atoms. The van der Waals surface area contributed by atoms with Gasteiger partial charge in [0.25, 0.3) is 0 Å². The first-order valence-corrected chi connectivity index (χ1v) is 9.15. The summed E-state index contributed by atoms with van der Waals surface area (Å²) in [5.74, 6) is 0.662. The van der Waals surface area contributed by atoms with Gasteiger partial charge in [-0.05, 0) is 44.4 Å². The zero-order valence-corrected chi connectivity index (χ0v) is 14.5. The molecular weight excluding hydrogens is 304 g/mol. The van der Waals surface area contributed by atoms with E-state index in [1.807, 2.05) is 18.2 Å². The highest BCUT2D eigenvalue weighted by atomic mass is 16.5. The minimum Gasteiger partial charge on any atom is -0.462 e. The zero-order valence-electron chi connectivity index (χ0n) is 14.5. The number of hydrogen-bond donors (Lipinski definition) is 2. The summed E-state index contributed by atoms with van der Waals surface area (Å²) < 4.78 is 5.39. The zero-order chi connectivity index (χ0) is 17.4. The molecule has 1 saturated heterocycles. The predicted octanol–water partition coefficient (Wildman–Crippen LogP) is 3.30. The second-order valence-corrected chi connectivity index (χ2v) is 6.75. The van der Waals surface area contributed by atoms with Crippen LogP contribution in [-0.4, -0.2) is 34.5 Å². The molecule has 0 aromatic rings. The van der Waals surface area contributed by atoms with Crippen molar-refractivity contribution < 1.29 is 19.7 Å². The number of esters is 1. The smallest absolute Gasteiger partial charge is 0.306 e. The molecule has 2 rings (SSSR count). The number of allylic oxidation sites excluding steroid dienone is 4. The number of aliphatic hydroxyl groups excluding tert-OH is 2. The van der Waals surface area contributed by atoms with E-state index in [1.165, 1.54) is 0 Å². The summed E-state index contributed by atoms with van der Waals surface area (Å²) in [4.78, 5) is 11.3. The number of rotatable bonds is 9. The lowest BCUT2D eigenvalue weighted by atomic mass is 10.0. The van der Waals surface area contributed by atoms with Gasteiger partial charge in [-0.3, -0.25) is 4.79 Å². The van der Waals surface area contributed by atoms with Crippen molar-refractivity contribution in [3.8, 4) is 0 Å². The number of ether oxygens (including phenoxy) is 1. The van der Waals surface area contributed by atoms with E-state index in [0.29, 0.717) is 24.7 Å². The van der Waals surface area contributed by atoms with Crippen molar-refractivity contribution in [1.82, 2.24) is 0 Å². The Morgan fingerprint density at radius 3 is 2.79 bits per heavy atom. The molecule has 2 aliphatic rings. The third-order valence-corrected chi connectivity index (χ3v) is 4.69. The average molecular weight is 334 g/mol. The van der Waals surface area contributed by atoms with Gasteiger partial charge in [0.1, 0.15) is 6.10 Å². The summed E-state index contributed by atoms with van der Waals surface area (Å²) in [6, 6.07) is 0. The van der Waals surface area contributed by atoms with Gasteiger partial charge < -0.3 is 14.9 Å². The molecular formula is C20H30O4. The second kappa shape index (κ2) is 9.80. The molecule has 4 heteroatoms. The maximum Gasteiger partial charge on any atom is 0.306 e. The Labute approximate surface area is 144 Å². The van der Waals surface area contributed by atoms with Gasteiger partial charge in [-0.1, -0.05) is 43.4 Å². The number of cyclic esters (lactones) is 1. The summed E-state index contributed by atoms with van der Waals surface area (Å²) >= 11 is 0. The third kappa shape index (κ3) is 6.25. The third-order valence-electron chi connectivity index (χ3n) is 4.69. The SMILES string of the molecule is CC/C=C\C/C=C\C[C@H](O)[C@@H](O)/C=C/[C@H]1C[C@H]1[C@@H]1CCCC(=O)O1. The predicted molar refractivity (Wildman–Crippen MR) is 94.3 cm³/mol. The van der Waals surface area contributed by atoms with Crippen molar-refractivity contribution in [3.05, 3.63) is 36.5 Å². The van der Waals surface area contributed by atoms with E-state index in [-0.39, 0.29) is 12.1 Å². The maximum atomic E-state index is 11.3. The molecule has 2 fully saturated rings. The molecule has 4 nitrogen and oxygen atoms in total. The number of hydrogen-bond acceptors (Lipinski definition) is 4. The van der Waals surface area contributed by atoms with Gasteiger partial charge in [0.15, 0.2) is 0 Å². The fourth-order valence-electron chi connectivity index (χ4n) is 3.12. The highest BCUT2D eigenvalue weighted by Crippen LogP contribution is 2.46. The largest absolute Gasteiger partial charge is 0.462 e. The summed E-state index contributed by atoms with van der Waals surface area (Å²) in [5.41, 5.74) is 0. The van der Waals surface area contributed by atoms with Crippen molar-refractivity contribution in [2.75, 3.05) is 0 Å². The van der Waals surface area contributed by atoms with Gasteiger partial charge in [-0.2, -0.15) is 0 Å². The van der Waals surface area contributed by atoms with E-state index in [4.69, 9.17) is 4.74 Å². The average Bonchev–Trinajstić information content (AvgIpc) is 3.35. The molecule has 1 saturated carbocycles. The molecule has 0 amide bonds. The lowest BCUT2D eigenvalue weighted by Gasteiger charge is -2.22. The quantitative estimate of drug-likeness (QED) is 0.501. The Bertz CT molecular complexity index is 480. The molecule has 134 valence electrons. The van der Waals surface area contributed by atoms with Crippen molar-refractivity contribution in [2.45, 2.75) is 70.2 Å². The fourth-order valence-corrected chi connectivity index (χ4v) is 3.12. The van der Waals surface area contributed by atoms with Crippen LogP contribution >= 0.6 is 0 Å². The molecule has 0 radical (unpaired) electrons. The van der Waals surface area contributed by atoms with Gasteiger partial charge in [-0.25, -0.2) is 0 Å². The molecule has 2 N–H and O–H groups in total. The van der Waals surface area contributed by atoms with Crippen LogP contribution in [0.25, 0.3) is 0 Å². The van der Waals surface area contributed by atoms with E-state index in [1.54, 1.807) is 6.08 Å². The van der Waals surface area contributed by atoms with Crippen LogP contribution in [0.4, 0.5) is 0 Å². The first-order chi connectivity index (χ1) is 11.6. The molecule has 1 heterocycles. The van der Waals surface area contributed by atoms with Crippen LogP contribution in [0.2, 0.25) is 0 Å². The normalized spacial score (nSPS) is 30.1. The molecule has 5 atom stereocenters. The Balaban J connectivity index is 1.66. The summed E-state index contributed by atoms with van der Waals surface area (Å²) in [5, 5.41) is 20.0. The molecule has 0 aromatic carbocycles. The summed E-state index contributed by atoms with van der Waals surface area (Å²) in [6.45, 7) is 2.09. The van der Waals surface area contributed by atoms with E-state index in [0.717, 1.165) is 32.1 Å². The van der Waals surface area contributed by atoms with E-state index < -0.39 is 12.2 Å². The summed E-state index contributed by atoms with van der Waals surface area (Å²) in [6.07, 6.45) is 15.9. The molecule has 1 aliphatic carbocycles. The van der Waals surface area contributed by atoms with Crippen LogP contribution in [0.5, 0.6) is 0 Å². The van der Waals surface area contributed by atoms with Crippen LogP contribution in [0.3, 0.4) is 0 Å². The van der Waals surface area contributed by atoms with Crippen LogP contribution in [0, 0.1) is 11.8 Å². The van der Waals surface area contributed by atoms with Crippen LogP contribution in [-0.2, 0) is 9.53 Å². The molecule has 0 unspecified atom stereocenters. The standard InChI is InChI=1S/C20H30O4/c1-2-3-4-5-6-7-9-17(21)18(22)13-12-15-14-16(15)19-10-8-11-20(23)24-19/h3-4,6-7,12-13,15-19,21-22H,2,5,8-11,14H2,1H3/b4-3-,7-6-,13-12+/t15-,16+,17-,18-,19-/m0/s1. The minimum atomic E-state index is -0.851. The van der Waals surface area contributed by atoms with Crippen molar-refractivity contribution in [2.24, 2.45) is 11.8 Å². The highest BCUT2D eigenvalue weighted by molar-refractivity contribution is 5.70. The maximum absolute atomic E-state index is 11.3. The first-order valence-electron chi connectivity index (χ1n) is 9.15. The number of carbonyl (C=O) groups is 1.